The van der Waals surface area contributed by atoms with Crippen molar-refractivity contribution in [2.45, 2.75) is 0 Å². The van der Waals surface area contributed by atoms with Gasteiger partial charge in [-0.1, -0.05) is 0 Å². The van der Waals surface area contributed by atoms with Crippen LogP contribution in [0.2, 0.25) is 0 Å². The van der Waals surface area contributed by atoms with E-state index in [1.165, 1.54) is 0 Å². The molecule has 0 aromatic carbocycles. The molecule has 1 aliphatic rings. The van der Waals surface area contributed by atoms with Gasteiger partial charge in [-0.3, -0.25) is 0 Å². The molecule has 13 heavy (non-hydrogen) atoms. The van der Waals surface area contributed by atoms with Crippen LogP contribution < -0.4 is 4.74 Å². The molecule has 0 atom stereocenters. The van der Waals surface area contributed by atoms with E-state index in [0.717, 1.165) is 17.7 Å². The number of halogens is 1. The minimum absolute atomic E-state index is 0.536. The zero-order valence-electron chi connectivity index (χ0n) is 7.07. The molecule has 70 valence electrons. The summed E-state index contributed by atoms with van der Waals surface area (Å²) in [7, 11) is 0. The van der Waals surface area contributed by atoms with Crippen molar-refractivity contribution in [2.24, 2.45) is 5.92 Å². The van der Waals surface area contributed by atoms with E-state index in [4.69, 9.17) is 9.47 Å². The molecule has 4 heteroatoms. The first-order chi connectivity index (χ1) is 6.36. The number of hydrogen-bond donors (Lipinski definition) is 0. The molecule has 0 aliphatic carbocycles. The van der Waals surface area contributed by atoms with E-state index in [1.54, 1.807) is 6.20 Å². The third-order valence-electron chi connectivity index (χ3n) is 1.89. The number of rotatable bonds is 3. The van der Waals surface area contributed by atoms with Crippen molar-refractivity contribution < 1.29 is 9.47 Å². The predicted octanol–water partition coefficient (Wildman–Crippen LogP) is 1.87. The van der Waals surface area contributed by atoms with E-state index < -0.39 is 0 Å². The molecule has 0 saturated carbocycles. The molecule has 0 unspecified atom stereocenters. The highest BCUT2D eigenvalue weighted by Crippen LogP contribution is 2.22. The van der Waals surface area contributed by atoms with Crippen LogP contribution in [0, 0.1) is 5.92 Å². The SMILES string of the molecule is Brc1cccnc1OCC1COC1. The van der Waals surface area contributed by atoms with Gasteiger partial charge in [-0.15, -0.1) is 0 Å². The maximum Gasteiger partial charge on any atom is 0.227 e. The summed E-state index contributed by atoms with van der Waals surface area (Å²) < 4.78 is 11.4. The molecule has 3 nitrogen and oxygen atoms in total. The first-order valence-electron chi connectivity index (χ1n) is 4.17. The van der Waals surface area contributed by atoms with Crippen molar-refractivity contribution in [2.75, 3.05) is 19.8 Å². The van der Waals surface area contributed by atoms with Gasteiger partial charge in [-0.25, -0.2) is 4.98 Å². The van der Waals surface area contributed by atoms with Crippen molar-refractivity contribution in [1.82, 2.24) is 4.98 Å². The molecule has 1 fully saturated rings. The molecule has 0 spiro atoms. The van der Waals surface area contributed by atoms with Crippen LogP contribution in [-0.2, 0) is 4.74 Å². The second kappa shape index (κ2) is 4.07. The van der Waals surface area contributed by atoms with E-state index in [-0.39, 0.29) is 0 Å². The van der Waals surface area contributed by atoms with Gasteiger partial charge in [0.15, 0.2) is 0 Å². The normalized spacial score (nSPS) is 16.7. The lowest BCUT2D eigenvalue weighted by Gasteiger charge is -2.25. The van der Waals surface area contributed by atoms with E-state index in [9.17, 15) is 0 Å². The van der Waals surface area contributed by atoms with Crippen LogP contribution in [0.3, 0.4) is 0 Å². The minimum Gasteiger partial charge on any atom is -0.476 e. The molecule has 2 rings (SSSR count). The van der Waals surface area contributed by atoms with Crippen LogP contribution in [0.4, 0.5) is 0 Å². The Bertz CT molecular complexity index is 289. The smallest absolute Gasteiger partial charge is 0.227 e. The standard InChI is InChI=1S/C9H10BrNO2/c10-8-2-1-3-11-9(8)13-6-7-4-12-5-7/h1-3,7H,4-6H2. The lowest BCUT2D eigenvalue weighted by atomic mass is 10.1. The van der Waals surface area contributed by atoms with Crippen molar-refractivity contribution in [3.05, 3.63) is 22.8 Å². The lowest BCUT2D eigenvalue weighted by molar-refractivity contribution is -0.0515. The number of hydrogen-bond acceptors (Lipinski definition) is 3. The number of pyridine rings is 1. The van der Waals surface area contributed by atoms with E-state index >= 15 is 0 Å². The van der Waals surface area contributed by atoms with Crippen LogP contribution in [0.1, 0.15) is 0 Å². The maximum absolute atomic E-state index is 5.50. The molecular formula is C9H10BrNO2. The van der Waals surface area contributed by atoms with Crippen molar-refractivity contribution in [3.8, 4) is 5.88 Å². The largest absolute Gasteiger partial charge is 0.476 e. The highest BCUT2D eigenvalue weighted by atomic mass is 79.9. The Balaban J connectivity index is 1.89. The van der Waals surface area contributed by atoms with Crippen LogP contribution in [0.5, 0.6) is 5.88 Å². The summed E-state index contributed by atoms with van der Waals surface area (Å²) in [5.41, 5.74) is 0. The van der Waals surface area contributed by atoms with Gasteiger partial charge >= 0.3 is 0 Å². The van der Waals surface area contributed by atoms with Gasteiger partial charge < -0.3 is 9.47 Å². The van der Waals surface area contributed by atoms with Crippen LogP contribution in [-0.4, -0.2) is 24.8 Å². The fraction of sp³-hybridized carbons (Fsp3) is 0.444. The topological polar surface area (TPSA) is 31.4 Å². The van der Waals surface area contributed by atoms with E-state index in [2.05, 4.69) is 20.9 Å². The molecule has 0 bridgehead atoms. The molecule has 0 N–H and O–H groups in total. The zero-order valence-corrected chi connectivity index (χ0v) is 8.66. The quantitative estimate of drug-likeness (QED) is 0.813. The molecule has 1 aliphatic heterocycles. The lowest BCUT2D eigenvalue weighted by Crippen LogP contribution is -2.32. The fourth-order valence-electron chi connectivity index (χ4n) is 1.05. The molecule has 1 aromatic rings. The second-order valence-electron chi connectivity index (χ2n) is 3.00. The molecular weight excluding hydrogens is 234 g/mol. The average Bonchev–Trinajstić information content (AvgIpc) is 2.05. The van der Waals surface area contributed by atoms with Gasteiger partial charge in [-0.2, -0.15) is 0 Å². The summed E-state index contributed by atoms with van der Waals surface area (Å²) in [5, 5.41) is 0. The van der Waals surface area contributed by atoms with Gasteiger partial charge in [0.1, 0.15) is 0 Å². The van der Waals surface area contributed by atoms with Gasteiger partial charge in [-0.05, 0) is 28.1 Å². The Morgan fingerprint density at radius 3 is 3.08 bits per heavy atom. The Labute approximate surface area is 85.2 Å². The number of ether oxygens (including phenoxy) is 2. The summed E-state index contributed by atoms with van der Waals surface area (Å²) in [6, 6.07) is 3.78. The maximum atomic E-state index is 5.50. The zero-order chi connectivity index (χ0) is 9.10. The molecule has 1 saturated heterocycles. The Morgan fingerprint density at radius 1 is 1.62 bits per heavy atom. The fourth-order valence-corrected chi connectivity index (χ4v) is 1.42. The number of nitrogens with zero attached hydrogens (tertiary/aromatic N) is 1. The molecule has 0 amide bonds. The highest BCUT2D eigenvalue weighted by Gasteiger charge is 2.19. The monoisotopic (exact) mass is 243 g/mol. The van der Waals surface area contributed by atoms with Gasteiger partial charge in [0.05, 0.1) is 24.3 Å². The third kappa shape index (κ3) is 2.19. The van der Waals surface area contributed by atoms with Gasteiger partial charge in [0.2, 0.25) is 5.88 Å². The molecule has 0 radical (unpaired) electrons. The summed E-state index contributed by atoms with van der Waals surface area (Å²) in [6.45, 7) is 2.31. The van der Waals surface area contributed by atoms with Crippen LogP contribution in [0.25, 0.3) is 0 Å². The summed E-state index contributed by atoms with van der Waals surface area (Å²) in [5.74, 6) is 1.20. The average molecular weight is 244 g/mol. The number of aromatic nitrogens is 1. The summed E-state index contributed by atoms with van der Waals surface area (Å²) >= 11 is 3.37. The summed E-state index contributed by atoms with van der Waals surface area (Å²) in [6.07, 6.45) is 1.72. The van der Waals surface area contributed by atoms with E-state index in [1.807, 2.05) is 12.1 Å². The molecule has 1 aromatic heterocycles. The Hall–Kier alpha value is -0.610. The third-order valence-corrected chi connectivity index (χ3v) is 2.49. The summed E-state index contributed by atoms with van der Waals surface area (Å²) in [4.78, 5) is 4.10. The minimum atomic E-state index is 0.536. The predicted molar refractivity (Wildman–Crippen MR) is 51.7 cm³/mol. The molecule has 2 heterocycles. The second-order valence-corrected chi connectivity index (χ2v) is 3.86. The van der Waals surface area contributed by atoms with Crippen molar-refractivity contribution >= 4 is 15.9 Å². The van der Waals surface area contributed by atoms with Gasteiger partial charge in [0, 0.05) is 12.1 Å². The van der Waals surface area contributed by atoms with Crippen molar-refractivity contribution in [3.63, 3.8) is 0 Å². The first-order valence-corrected chi connectivity index (χ1v) is 4.96. The van der Waals surface area contributed by atoms with Crippen LogP contribution in [0.15, 0.2) is 22.8 Å². The van der Waals surface area contributed by atoms with Gasteiger partial charge in [0.25, 0.3) is 0 Å². The first kappa shape index (κ1) is 8.97. The van der Waals surface area contributed by atoms with Crippen molar-refractivity contribution in [1.29, 1.82) is 0 Å². The highest BCUT2D eigenvalue weighted by molar-refractivity contribution is 9.10. The van der Waals surface area contributed by atoms with Crippen LogP contribution >= 0.6 is 15.9 Å². The van der Waals surface area contributed by atoms with E-state index in [0.29, 0.717) is 18.4 Å². The Kier molecular flexibility index (Phi) is 2.80. The Morgan fingerprint density at radius 2 is 2.46 bits per heavy atom.